The first-order valence-corrected chi connectivity index (χ1v) is 5.12. The molecule has 0 atom stereocenters. The fourth-order valence-corrected chi connectivity index (χ4v) is 2.12. The molecule has 0 aliphatic heterocycles. The van der Waals surface area contributed by atoms with Crippen LogP contribution in [0.1, 0.15) is 24.0 Å². The standard InChI is InChI=1S/C13H10N2O/c14-7-9(8-15)10-3-1-5-12-11(10)4-2-6-13(12)16/h2,4,6,16H,1,3,5H2. The Balaban J connectivity index is 2.68. The first kappa shape index (κ1) is 10.3. The summed E-state index contributed by atoms with van der Waals surface area (Å²) in [6, 6.07) is 9.08. The number of nitrogens with zero attached hydrogens (tertiary/aromatic N) is 2. The molecule has 2 rings (SSSR count). The van der Waals surface area contributed by atoms with Crippen LogP contribution < -0.4 is 0 Å². The number of aromatic hydroxyl groups is 1. The van der Waals surface area contributed by atoms with Crippen LogP contribution in [0, 0.1) is 22.7 Å². The summed E-state index contributed by atoms with van der Waals surface area (Å²) in [4.78, 5) is 0. The third kappa shape index (κ3) is 1.53. The van der Waals surface area contributed by atoms with Gasteiger partial charge in [-0.15, -0.1) is 0 Å². The largest absolute Gasteiger partial charge is 0.508 e. The van der Waals surface area contributed by atoms with E-state index in [1.54, 1.807) is 12.1 Å². The second kappa shape index (κ2) is 4.08. The van der Waals surface area contributed by atoms with Crippen LogP contribution in [0.15, 0.2) is 23.8 Å². The van der Waals surface area contributed by atoms with Gasteiger partial charge in [0.1, 0.15) is 23.5 Å². The quantitative estimate of drug-likeness (QED) is 0.669. The van der Waals surface area contributed by atoms with Crippen LogP contribution in [0.3, 0.4) is 0 Å². The van der Waals surface area contributed by atoms with Gasteiger partial charge in [-0.2, -0.15) is 10.5 Å². The Morgan fingerprint density at radius 1 is 1.19 bits per heavy atom. The molecular formula is C13H10N2O. The predicted molar refractivity (Wildman–Crippen MR) is 59.2 cm³/mol. The van der Waals surface area contributed by atoms with Gasteiger partial charge in [-0.1, -0.05) is 12.1 Å². The van der Waals surface area contributed by atoms with Gasteiger partial charge in [0.2, 0.25) is 0 Å². The monoisotopic (exact) mass is 210 g/mol. The van der Waals surface area contributed by atoms with E-state index >= 15 is 0 Å². The summed E-state index contributed by atoms with van der Waals surface area (Å²) in [5.41, 5.74) is 2.63. The number of fused-ring (bicyclic) bond motifs is 1. The van der Waals surface area contributed by atoms with E-state index < -0.39 is 0 Å². The SMILES string of the molecule is N#CC(C#N)=C1CCCc2c(O)cccc21. The van der Waals surface area contributed by atoms with E-state index in [2.05, 4.69) is 0 Å². The lowest BCUT2D eigenvalue weighted by molar-refractivity contribution is 0.466. The molecule has 0 radical (unpaired) electrons. The maximum absolute atomic E-state index is 9.71. The second-order valence-corrected chi connectivity index (χ2v) is 3.73. The summed E-state index contributed by atoms with van der Waals surface area (Å²) >= 11 is 0. The van der Waals surface area contributed by atoms with E-state index in [0.717, 1.165) is 36.0 Å². The number of hydrogen-bond donors (Lipinski definition) is 1. The maximum Gasteiger partial charge on any atom is 0.133 e. The average Bonchev–Trinajstić information content (AvgIpc) is 2.32. The van der Waals surface area contributed by atoms with Gasteiger partial charge in [0, 0.05) is 5.56 Å². The summed E-state index contributed by atoms with van der Waals surface area (Å²) in [7, 11) is 0. The van der Waals surface area contributed by atoms with E-state index in [0.29, 0.717) is 0 Å². The van der Waals surface area contributed by atoms with Crippen molar-refractivity contribution in [1.82, 2.24) is 0 Å². The third-order valence-corrected chi connectivity index (χ3v) is 2.86. The number of nitriles is 2. The van der Waals surface area contributed by atoms with Crippen LogP contribution >= 0.6 is 0 Å². The Labute approximate surface area is 93.9 Å². The van der Waals surface area contributed by atoms with Crippen molar-refractivity contribution in [2.45, 2.75) is 19.3 Å². The number of allylic oxidation sites excluding steroid dienone is 2. The lowest BCUT2D eigenvalue weighted by atomic mass is 9.84. The molecule has 0 aromatic heterocycles. The van der Waals surface area contributed by atoms with Crippen LogP contribution in [-0.4, -0.2) is 5.11 Å². The molecule has 0 heterocycles. The van der Waals surface area contributed by atoms with E-state index in [1.165, 1.54) is 0 Å². The highest BCUT2D eigenvalue weighted by Gasteiger charge is 2.19. The molecule has 0 saturated heterocycles. The zero-order chi connectivity index (χ0) is 11.5. The van der Waals surface area contributed by atoms with Crippen molar-refractivity contribution in [2.75, 3.05) is 0 Å². The number of benzene rings is 1. The van der Waals surface area contributed by atoms with E-state index in [9.17, 15) is 5.11 Å². The summed E-state index contributed by atoms with van der Waals surface area (Å²) in [5, 5.41) is 27.5. The molecule has 1 aromatic carbocycles. The molecule has 78 valence electrons. The molecule has 0 saturated carbocycles. The Bertz CT molecular complexity index is 528. The van der Waals surface area contributed by atoms with Crippen LogP contribution in [0.25, 0.3) is 5.57 Å². The first-order valence-electron chi connectivity index (χ1n) is 5.12. The van der Waals surface area contributed by atoms with Crippen molar-refractivity contribution in [3.8, 4) is 17.9 Å². The molecule has 3 heteroatoms. The molecule has 1 N–H and O–H groups in total. The smallest absolute Gasteiger partial charge is 0.133 e. The summed E-state index contributed by atoms with van der Waals surface area (Å²) in [6.07, 6.45) is 2.40. The lowest BCUT2D eigenvalue weighted by Gasteiger charge is -2.19. The van der Waals surface area contributed by atoms with Crippen molar-refractivity contribution >= 4 is 5.57 Å². The molecule has 0 fully saturated rings. The average molecular weight is 210 g/mol. The Hall–Kier alpha value is -2.26. The van der Waals surface area contributed by atoms with Crippen molar-refractivity contribution in [3.63, 3.8) is 0 Å². The minimum absolute atomic E-state index is 0.159. The van der Waals surface area contributed by atoms with Gasteiger partial charge in [0.05, 0.1) is 0 Å². The van der Waals surface area contributed by atoms with Crippen LogP contribution in [0.5, 0.6) is 5.75 Å². The molecule has 1 aromatic rings. The fourth-order valence-electron chi connectivity index (χ4n) is 2.12. The number of phenolic OH excluding ortho intramolecular Hbond substituents is 1. The Kier molecular flexibility index (Phi) is 2.62. The van der Waals surface area contributed by atoms with Gasteiger partial charge in [-0.3, -0.25) is 0 Å². The van der Waals surface area contributed by atoms with Crippen LogP contribution in [-0.2, 0) is 6.42 Å². The van der Waals surface area contributed by atoms with Crippen molar-refractivity contribution in [2.24, 2.45) is 0 Å². The highest BCUT2D eigenvalue weighted by atomic mass is 16.3. The summed E-state index contributed by atoms with van der Waals surface area (Å²) in [6.45, 7) is 0. The Morgan fingerprint density at radius 3 is 2.62 bits per heavy atom. The maximum atomic E-state index is 9.71. The molecular weight excluding hydrogens is 200 g/mol. The molecule has 0 bridgehead atoms. The van der Waals surface area contributed by atoms with Gasteiger partial charge in [0.25, 0.3) is 0 Å². The highest BCUT2D eigenvalue weighted by Crippen LogP contribution is 2.36. The summed E-state index contributed by atoms with van der Waals surface area (Å²) < 4.78 is 0. The third-order valence-electron chi connectivity index (χ3n) is 2.86. The minimum Gasteiger partial charge on any atom is -0.508 e. The molecule has 1 aliphatic carbocycles. The van der Waals surface area contributed by atoms with Crippen molar-refractivity contribution < 1.29 is 5.11 Å². The predicted octanol–water partition coefficient (Wildman–Crippen LogP) is 2.53. The van der Waals surface area contributed by atoms with Crippen LogP contribution in [0.4, 0.5) is 0 Å². The van der Waals surface area contributed by atoms with Crippen molar-refractivity contribution in [3.05, 3.63) is 34.9 Å². The molecule has 0 unspecified atom stereocenters. The van der Waals surface area contributed by atoms with E-state index in [4.69, 9.17) is 10.5 Å². The minimum atomic E-state index is 0.159. The van der Waals surface area contributed by atoms with Gasteiger partial charge < -0.3 is 5.11 Å². The number of phenols is 1. The Morgan fingerprint density at radius 2 is 1.94 bits per heavy atom. The number of hydrogen-bond acceptors (Lipinski definition) is 3. The zero-order valence-corrected chi connectivity index (χ0v) is 8.70. The molecule has 1 aliphatic rings. The fraction of sp³-hybridized carbons (Fsp3) is 0.231. The molecule has 16 heavy (non-hydrogen) atoms. The van der Waals surface area contributed by atoms with Crippen LogP contribution in [0.2, 0.25) is 0 Å². The molecule has 0 spiro atoms. The molecule has 3 nitrogen and oxygen atoms in total. The van der Waals surface area contributed by atoms with Gasteiger partial charge >= 0.3 is 0 Å². The van der Waals surface area contributed by atoms with Gasteiger partial charge in [-0.25, -0.2) is 0 Å². The normalized spacial score (nSPS) is 13.5. The lowest BCUT2D eigenvalue weighted by Crippen LogP contribution is -2.03. The topological polar surface area (TPSA) is 67.8 Å². The van der Waals surface area contributed by atoms with Gasteiger partial charge in [0.15, 0.2) is 0 Å². The first-order chi connectivity index (χ1) is 7.77. The van der Waals surface area contributed by atoms with Crippen molar-refractivity contribution in [1.29, 1.82) is 10.5 Å². The second-order valence-electron chi connectivity index (χ2n) is 3.73. The highest BCUT2D eigenvalue weighted by molar-refractivity contribution is 5.79. The zero-order valence-electron chi connectivity index (χ0n) is 8.70. The van der Waals surface area contributed by atoms with Gasteiger partial charge in [-0.05, 0) is 36.5 Å². The number of rotatable bonds is 0. The molecule has 0 amide bonds. The van der Waals surface area contributed by atoms with E-state index in [1.807, 2.05) is 18.2 Å². The summed E-state index contributed by atoms with van der Waals surface area (Å²) in [5.74, 6) is 0.255. The van der Waals surface area contributed by atoms with E-state index in [-0.39, 0.29) is 11.3 Å².